The van der Waals surface area contributed by atoms with E-state index in [4.69, 9.17) is 31.5 Å². The Bertz CT molecular complexity index is 2510. The summed E-state index contributed by atoms with van der Waals surface area (Å²) in [5.74, 6) is 1.29. The maximum atomic E-state index is 13.2. The molecule has 0 saturated carbocycles. The van der Waals surface area contributed by atoms with Gasteiger partial charge in [0.1, 0.15) is 23.4 Å². The SMILES string of the molecule is NCc1cnc(N2CCC(N3CCC(C(=O)NCCOCCC(=O)N4CCc5cc(Cn6nc(-c7ccc8oc(N)nc8c7)c7c(N)ncnc76)ccc5C4)CC3)CC2)nc1. The van der Waals surface area contributed by atoms with Crippen LogP contribution in [-0.4, -0.2) is 115 Å². The molecule has 9 rings (SSSR count). The van der Waals surface area contributed by atoms with E-state index in [9.17, 15) is 9.59 Å². The first kappa shape index (κ1) is 40.2. The lowest BCUT2D eigenvalue weighted by Crippen LogP contribution is -2.49. The standard InChI is InChI=1S/C43H52N14O4/c44-21-28-22-48-43(49-23-28)55-15-8-33(9-16-55)54-12-5-29(6-13-54)41(59)47-11-18-60-17-10-36(58)56-14-7-30-19-27(1-2-32(30)25-56)24-57-40-37(39(45)50-26-51-40)38(53-57)31-3-4-35-34(20-31)52-42(46)61-35/h1-4,19-20,22-23,26,29,33H,5-18,21,24-25,44H2,(H2,46,52)(H,47,59)(H2,45,50,51). The number of ether oxygens (including phenoxy) is 1. The van der Waals surface area contributed by atoms with E-state index >= 15 is 0 Å². The average molecular weight is 829 g/mol. The van der Waals surface area contributed by atoms with Gasteiger partial charge in [0, 0.05) is 74.7 Å². The van der Waals surface area contributed by atoms with Crippen LogP contribution in [0.2, 0.25) is 0 Å². The van der Waals surface area contributed by atoms with Crippen molar-refractivity contribution in [3.05, 3.63) is 77.4 Å². The van der Waals surface area contributed by atoms with Gasteiger partial charge >= 0.3 is 0 Å². The maximum Gasteiger partial charge on any atom is 0.292 e. The minimum atomic E-state index is 0.0195. The van der Waals surface area contributed by atoms with Crippen molar-refractivity contribution in [3.8, 4) is 11.3 Å². The van der Waals surface area contributed by atoms with Crippen LogP contribution in [0.3, 0.4) is 0 Å². The summed E-state index contributed by atoms with van der Waals surface area (Å²) >= 11 is 0. The number of nitrogens with one attached hydrogen (secondary N) is 1. The Kier molecular flexibility index (Phi) is 11.7. The molecule has 7 heterocycles. The Morgan fingerprint density at radius 1 is 0.885 bits per heavy atom. The lowest BCUT2D eigenvalue weighted by molar-refractivity contribution is -0.133. The van der Waals surface area contributed by atoms with Gasteiger partial charge in [-0.05, 0) is 80.1 Å². The third kappa shape index (κ3) is 8.82. The highest BCUT2D eigenvalue weighted by Crippen LogP contribution is 2.33. The molecule has 3 aliphatic heterocycles. The smallest absolute Gasteiger partial charge is 0.292 e. The fraction of sp³-hybridized carbons (Fsp3) is 0.442. The van der Waals surface area contributed by atoms with Crippen molar-refractivity contribution >= 4 is 51.7 Å². The molecule has 3 aliphatic rings. The van der Waals surface area contributed by atoms with Crippen LogP contribution in [0, 0.1) is 5.92 Å². The number of carbonyl (C=O) groups is 2. The van der Waals surface area contributed by atoms with E-state index in [2.05, 4.69) is 58.2 Å². The molecule has 61 heavy (non-hydrogen) atoms. The van der Waals surface area contributed by atoms with Crippen molar-refractivity contribution in [1.82, 2.24) is 49.8 Å². The summed E-state index contributed by atoms with van der Waals surface area (Å²) in [5, 5.41) is 8.65. The molecule has 2 saturated heterocycles. The fourth-order valence-electron chi connectivity index (χ4n) is 8.91. The van der Waals surface area contributed by atoms with Crippen molar-refractivity contribution in [2.24, 2.45) is 11.7 Å². The molecular weight excluding hydrogens is 777 g/mol. The Labute approximate surface area is 352 Å². The zero-order valence-corrected chi connectivity index (χ0v) is 34.2. The van der Waals surface area contributed by atoms with Crippen LogP contribution in [0.5, 0.6) is 0 Å². The molecule has 0 spiro atoms. The number of benzene rings is 2. The summed E-state index contributed by atoms with van der Waals surface area (Å²) in [6.07, 6.45) is 9.95. The normalized spacial score (nSPS) is 16.7. The van der Waals surface area contributed by atoms with Crippen LogP contribution in [0.25, 0.3) is 33.4 Å². The van der Waals surface area contributed by atoms with Gasteiger partial charge in [-0.15, -0.1) is 0 Å². The van der Waals surface area contributed by atoms with Gasteiger partial charge in [-0.2, -0.15) is 10.1 Å². The van der Waals surface area contributed by atoms with Crippen LogP contribution >= 0.6 is 0 Å². The van der Waals surface area contributed by atoms with Crippen molar-refractivity contribution in [1.29, 1.82) is 0 Å². The van der Waals surface area contributed by atoms with Gasteiger partial charge in [0.15, 0.2) is 11.2 Å². The molecule has 7 N–H and O–H groups in total. The second-order valence-corrected chi connectivity index (χ2v) is 16.1. The molecule has 4 aromatic heterocycles. The molecule has 0 unspecified atom stereocenters. The van der Waals surface area contributed by atoms with Crippen LogP contribution in [0.1, 0.15) is 54.4 Å². The maximum absolute atomic E-state index is 13.2. The molecule has 2 amide bonds. The summed E-state index contributed by atoms with van der Waals surface area (Å²) in [6.45, 7) is 6.94. The number of carbonyl (C=O) groups excluding carboxylic acids is 2. The molecule has 18 nitrogen and oxygen atoms in total. The third-order valence-corrected chi connectivity index (χ3v) is 12.3. The number of nitrogens with zero attached hydrogens (tertiary/aromatic N) is 10. The summed E-state index contributed by atoms with van der Waals surface area (Å²) in [6, 6.07) is 12.5. The molecule has 18 heteroatoms. The van der Waals surface area contributed by atoms with E-state index in [1.54, 1.807) is 0 Å². The topological polar surface area (TPSA) is 239 Å². The van der Waals surface area contributed by atoms with Crippen LogP contribution < -0.4 is 27.4 Å². The van der Waals surface area contributed by atoms with Crippen LogP contribution in [-0.2, 0) is 40.4 Å². The second-order valence-electron chi connectivity index (χ2n) is 16.1. The van der Waals surface area contributed by atoms with Gasteiger partial charge in [0.05, 0.1) is 31.6 Å². The lowest BCUT2D eigenvalue weighted by atomic mass is 9.93. The van der Waals surface area contributed by atoms with Gasteiger partial charge in [0.25, 0.3) is 6.01 Å². The predicted octanol–water partition coefficient (Wildman–Crippen LogP) is 2.88. The van der Waals surface area contributed by atoms with E-state index in [1.165, 1.54) is 11.9 Å². The van der Waals surface area contributed by atoms with E-state index in [0.29, 0.717) is 92.0 Å². The van der Waals surface area contributed by atoms with E-state index in [1.807, 2.05) is 40.2 Å². The zero-order valence-electron chi connectivity index (χ0n) is 34.2. The first-order valence-electron chi connectivity index (χ1n) is 21.2. The highest BCUT2D eigenvalue weighted by atomic mass is 16.5. The minimum absolute atomic E-state index is 0.0195. The summed E-state index contributed by atoms with van der Waals surface area (Å²) in [7, 11) is 0. The minimum Gasteiger partial charge on any atom is -0.424 e. The highest BCUT2D eigenvalue weighted by molar-refractivity contribution is 5.99. The number of nitrogens with two attached hydrogens (primary N) is 3. The number of piperidine rings is 2. The lowest BCUT2D eigenvalue weighted by Gasteiger charge is -2.41. The van der Waals surface area contributed by atoms with Gasteiger partial charge in [-0.1, -0.05) is 18.2 Å². The number of anilines is 3. The molecule has 318 valence electrons. The number of amides is 2. The molecule has 0 atom stereocenters. The molecule has 6 aromatic rings. The molecular formula is C43H52N14O4. The first-order valence-corrected chi connectivity index (χ1v) is 21.2. The Morgan fingerprint density at radius 3 is 2.51 bits per heavy atom. The molecule has 2 aromatic carbocycles. The van der Waals surface area contributed by atoms with Crippen molar-refractivity contribution < 1.29 is 18.7 Å². The Hall–Kier alpha value is -6.24. The largest absolute Gasteiger partial charge is 0.424 e. The number of hydrogen-bond donors (Lipinski definition) is 4. The van der Waals surface area contributed by atoms with E-state index < -0.39 is 0 Å². The summed E-state index contributed by atoms with van der Waals surface area (Å²) in [4.78, 5) is 54.8. The molecule has 2 fully saturated rings. The van der Waals surface area contributed by atoms with Crippen molar-refractivity contribution in [2.75, 3.05) is 68.8 Å². The summed E-state index contributed by atoms with van der Waals surface area (Å²) in [5.41, 5.74) is 25.4. The van der Waals surface area contributed by atoms with Gasteiger partial charge in [0.2, 0.25) is 17.8 Å². The number of aromatic nitrogens is 7. The Morgan fingerprint density at radius 2 is 1.70 bits per heavy atom. The molecule has 0 aliphatic carbocycles. The van der Waals surface area contributed by atoms with Crippen LogP contribution in [0.4, 0.5) is 17.8 Å². The fourth-order valence-corrected chi connectivity index (χ4v) is 8.91. The Balaban J connectivity index is 0.691. The number of nitrogen functional groups attached to an aromatic ring is 2. The molecule has 0 bridgehead atoms. The highest BCUT2D eigenvalue weighted by Gasteiger charge is 2.31. The average Bonchev–Trinajstić information content (AvgIpc) is 3.86. The van der Waals surface area contributed by atoms with E-state index in [-0.39, 0.29) is 23.7 Å². The monoisotopic (exact) mass is 828 g/mol. The number of fused-ring (bicyclic) bond motifs is 3. The van der Waals surface area contributed by atoms with Gasteiger partial charge < -0.3 is 46.4 Å². The number of hydrogen-bond acceptors (Lipinski definition) is 15. The van der Waals surface area contributed by atoms with Crippen molar-refractivity contribution in [2.45, 2.75) is 64.2 Å². The summed E-state index contributed by atoms with van der Waals surface area (Å²) < 4.78 is 13.1. The van der Waals surface area contributed by atoms with Crippen molar-refractivity contribution in [3.63, 3.8) is 0 Å². The zero-order chi connectivity index (χ0) is 41.9. The quantitative estimate of drug-likeness (QED) is 0.123. The third-order valence-electron chi connectivity index (χ3n) is 12.3. The number of rotatable bonds is 13. The first-order chi connectivity index (χ1) is 29.8. The number of oxazole rings is 1. The van der Waals surface area contributed by atoms with Gasteiger partial charge in [-0.3, -0.25) is 9.59 Å². The van der Waals surface area contributed by atoms with Gasteiger partial charge in [-0.25, -0.2) is 24.6 Å². The van der Waals surface area contributed by atoms with E-state index in [0.717, 1.165) is 86.5 Å². The van der Waals surface area contributed by atoms with Crippen LogP contribution in [0.15, 0.2) is 59.5 Å². The number of likely N-dealkylation sites (tertiary alicyclic amines) is 1. The predicted molar refractivity (Wildman–Crippen MR) is 230 cm³/mol. The molecule has 0 radical (unpaired) electrons. The second kappa shape index (κ2) is 17.8.